The van der Waals surface area contributed by atoms with E-state index in [9.17, 15) is 4.79 Å². The van der Waals surface area contributed by atoms with Gasteiger partial charge in [0.1, 0.15) is 5.82 Å². The van der Waals surface area contributed by atoms with Crippen molar-refractivity contribution in [2.45, 2.75) is 32.9 Å². The molecule has 0 radical (unpaired) electrons. The van der Waals surface area contributed by atoms with Gasteiger partial charge in [-0.25, -0.2) is 0 Å². The lowest BCUT2D eigenvalue weighted by Crippen LogP contribution is -2.20. The first-order chi connectivity index (χ1) is 11.8. The van der Waals surface area contributed by atoms with Gasteiger partial charge in [0.2, 0.25) is 0 Å². The van der Waals surface area contributed by atoms with Crippen LogP contribution in [0, 0.1) is 0 Å². The predicted octanol–water partition coefficient (Wildman–Crippen LogP) is 2.26. The molecule has 0 atom stereocenters. The summed E-state index contributed by atoms with van der Waals surface area (Å²) < 4.78 is 1.94. The number of nitrogens with zero attached hydrogens (tertiary/aromatic N) is 3. The first kappa shape index (κ1) is 19.0. The molecule has 6 nitrogen and oxygen atoms in total. The average Bonchev–Trinajstić information content (AvgIpc) is 2.91. The van der Waals surface area contributed by atoms with Crippen LogP contribution in [-0.2, 0) is 20.1 Å². The Bertz CT molecular complexity index is 733. The van der Waals surface area contributed by atoms with Crippen molar-refractivity contribution in [1.82, 2.24) is 20.4 Å². The Morgan fingerprint density at radius 2 is 2.00 bits per heavy atom. The van der Waals surface area contributed by atoms with E-state index >= 15 is 0 Å². The second-order valence-electron chi connectivity index (χ2n) is 6.74. The Kier molecular flexibility index (Phi) is 6.20. The second-order valence-corrected chi connectivity index (χ2v) is 6.74. The number of benzene rings is 1. The molecule has 1 aromatic heterocycles. The van der Waals surface area contributed by atoms with Crippen LogP contribution in [-0.4, -0.2) is 36.8 Å². The van der Waals surface area contributed by atoms with Gasteiger partial charge in [-0.05, 0) is 23.6 Å². The minimum Gasteiger partial charge on any atom is -0.363 e. The van der Waals surface area contributed by atoms with Gasteiger partial charge in [0.15, 0.2) is 0 Å². The molecule has 2 rings (SSSR count). The number of amides is 1. The van der Waals surface area contributed by atoms with Gasteiger partial charge in [0.25, 0.3) is 5.91 Å². The molecule has 0 saturated heterocycles. The number of anilines is 1. The van der Waals surface area contributed by atoms with Crippen molar-refractivity contribution in [2.24, 2.45) is 7.05 Å². The highest BCUT2D eigenvalue weighted by Gasteiger charge is 2.19. The van der Waals surface area contributed by atoms with Crippen LogP contribution in [0.3, 0.4) is 0 Å². The van der Waals surface area contributed by atoms with Gasteiger partial charge in [-0.3, -0.25) is 9.48 Å². The molecule has 1 amide bonds. The van der Waals surface area contributed by atoms with Crippen molar-refractivity contribution in [3.8, 4) is 0 Å². The van der Waals surface area contributed by atoms with Gasteiger partial charge in [0, 0.05) is 52.4 Å². The van der Waals surface area contributed by atoms with Crippen molar-refractivity contribution < 1.29 is 4.79 Å². The number of nitrogens with one attached hydrogen (secondary N) is 2. The normalized spacial score (nSPS) is 11.0. The maximum atomic E-state index is 11.8. The first-order valence-electron chi connectivity index (χ1n) is 8.60. The topological polar surface area (TPSA) is 62.2 Å². The van der Waals surface area contributed by atoms with Gasteiger partial charge in [-0.1, -0.05) is 26.0 Å². The number of aromatic nitrogens is 2. The fourth-order valence-electron chi connectivity index (χ4n) is 3.07. The van der Waals surface area contributed by atoms with Crippen molar-refractivity contribution in [3.05, 3.63) is 46.6 Å². The van der Waals surface area contributed by atoms with Crippen molar-refractivity contribution in [1.29, 1.82) is 0 Å². The van der Waals surface area contributed by atoms with Crippen molar-refractivity contribution in [2.75, 3.05) is 26.0 Å². The van der Waals surface area contributed by atoms with E-state index < -0.39 is 0 Å². The summed E-state index contributed by atoms with van der Waals surface area (Å²) in [5.74, 6) is 1.43. The number of carbonyl (C=O) groups excluding carboxylic acids is 1. The average molecular weight is 343 g/mol. The second kappa shape index (κ2) is 8.16. The summed E-state index contributed by atoms with van der Waals surface area (Å²) in [7, 11) is 7.71. The third kappa shape index (κ3) is 4.39. The molecule has 0 bridgehead atoms. The lowest BCUT2D eigenvalue weighted by molar-refractivity contribution is 0.0963. The number of hydrogen-bond acceptors (Lipinski definition) is 4. The van der Waals surface area contributed by atoms with Gasteiger partial charge in [-0.2, -0.15) is 5.10 Å². The van der Waals surface area contributed by atoms with E-state index in [0.29, 0.717) is 18.0 Å². The molecule has 136 valence electrons. The zero-order valence-electron chi connectivity index (χ0n) is 16.1. The quantitative estimate of drug-likeness (QED) is 0.809. The van der Waals surface area contributed by atoms with E-state index in [0.717, 1.165) is 23.6 Å². The minimum absolute atomic E-state index is 0.0638. The third-order valence-corrected chi connectivity index (χ3v) is 4.16. The van der Waals surface area contributed by atoms with Crippen LogP contribution in [0.1, 0.15) is 46.9 Å². The monoisotopic (exact) mass is 343 g/mol. The van der Waals surface area contributed by atoms with Crippen LogP contribution in [0.2, 0.25) is 0 Å². The highest BCUT2D eigenvalue weighted by Crippen LogP contribution is 2.27. The lowest BCUT2D eigenvalue weighted by Gasteiger charge is -2.16. The van der Waals surface area contributed by atoms with Gasteiger partial charge in [-0.15, -0.1) is 0 Å². The number of hydrogen-bond donors (Lipinski definition) is 2. The molecule has 6 heteroatoms. The molecule has 2 aromatic rings. The summed E-state index contributed by atoms with van der Waals surface area (Å²) in [4.78, 5) is 13.9. The molecule has 25 heavy (non-hydrogen) atoms. The van der Waals surface area contributed by atoms with E-state index in [2.05, 4.69) is 34.5 Å². The van der Waals surface area contributed by atoms with Gasteiger partial charge >= 0.3 is 0 Å². The standard InChI is InChI=1S/C19H29N5O/c1-13(2)17-16(19(23(4)5)24(6)22-17)12-21-11-14-8-7-9-15(10-14)18(25)20-3/h7-10,13,21H,11-12H2,1-6H3,(H,20,25). The van der Waals surface area contributed by atoms with Gasteiger partial charge < -0.3 is 15.5 Å². The molecule has 0 spiro atoms. The predicted molar refractivity (Wildman–Crippen MR) is 102 cm³/mol. The molecule has 2 N–H and O–H groups in total. The summed E-state index contributed by atoms with van der Waals surface area (Å²) >= 11 is 0. The van der Waals surface area contributed by atoms with Crippen LogP contribution in [0.25, 0.3) is 0 Å². The van der Waals surface area contributed by atoms with Crippen LogP contribution in [0.4, 0.5) is 5.82 Å². The third-order valence-electron chi connectivity index (χ3n) is 4.16. The summed E-state index contributed by atoms with van der Waals surface area (Å²) in [6.07, 6.45) is 0. The fraction of sp³-hybridized carbons (Fsp3) is 0.474. The molecule has 0 unspecified atom stereocenters. The van der Waals surface area contributed by atoms with E-state index in [-0.39, 0.29) is 5.91 Å². The Morgan fingerprint density at radius 3 is 2.60 bits per heavy atom. The molecule has 0 aliphatic carbocycles. The Labute approximate surface area is 150 Å². The van der Waals surface area contributed by atoms with E-state index in [1.165, 1.54) is 5.56 Å². The molecule has 1 aromatic carbocycles. The lowest BCUT2D eigenvalue weighted by atomic mass is 10.0. The maximum Gasteiger partial charge on any atom is 0.251 e. The maximum absolute atomic E-state index is 11.8. The Hall–Kier alpha value is -2.34. The van der Waals surface area contributed by atoms with Crippen LogP contribution in [0.5, 0.6) is 0 Å². The number of carbonyl (C=O) groups is 1. The summed E-state index contributed by atoms with van der Waals surface area (Å²) in [6, 6.07) is 7.69. The summed E-state index contributed by atoms with van der Waals surface area (Å²) in [5.41, 5.74) is 4.12. The summed E-state index contributed by atoms with van der Waals surface area (Å²) in [5, 5.41) is 10.8. The van der Waals surface area contributed by atoms with Crippen LogP contribution in [0.15, 0.2) is 24.3 Å². The zero-order chi connectivity index (χ0) is 18.6. The van der Waals surface area contributed by atoms with Crippen molar-refractivity contribution >= 4 is 11.7 Å². The van der Waals surface area contributed by atoms with E-state index in [1.807, 2.05) is 50.1 Å². The first-order valence-corrected chi connectivity index (χ1v) is 8.60. The van der Waals surface area contributed by atoms with Crippen LogP contribution < -0.4 is 15.5 Å². The SMILES string of the molecule is CNC(=O)c1cccc(CNCc2c(C(C)C)nn(C)c2N(C)C)c1. The minimum atomic E-state index is -0.0638. The van der Waals surface area contributed by atoms with Crippen molar-refractivity contribution in [3.63, 3.8) is 0 Å². The molecule has 0 aliphatic rings. The molecule has 0 saturated carbocycles. The highest BCUT2D eigenvalue weighted by molar-refractivity contribution is 5.94. The number of rotatable bonds is 7. The molecular formula is C19H29N5O. The molecule has 0 fully saturated rings. The zero-order valence-corrected chi connectivity index (χ0v) is 16.1. The molecular weight excluding hydrogens is 314 g/mol. The Morgan fingerprint density at radius 1 is 1.28 bits per heavy atom. The molecule has 1 heterocycles. The van der Waals surface area contributed by atoms with Crippen LogP contribution >= 0.6 is 0 Å². The fourth-order valence-corrected chi connectivity index (χ4v) is 3.07. The number of aryl methyl sites for hydroxylation is 1. The largest absolute Gasteiger partial charge is 0.363 e. The smallest absolute Gasteiger partial charge is 0.251 e. The van der Waals surface area contributed by atoms with Gasteiger partial charge in [0.05, 0.1) is 5.69 Å². The van der Waals surface area contributed by atoms with E-state index in [4.69, 9.17) is 0 Å². The highest BCUT2D eigenvalue weighted by atomic mass is 16.1. The molecule has 0 aliphatic heterocycles. The summed E-state index contributed by atoms with van der Waals surface area (Å²) in [6.45, 7) is 5.76. The Balaban J connectivity index is 2.13. The van der Waals surface area contributed by atoms with E-state index in [1.54, 1.807) is 7.05 Å².